The van der Waals surface area contributed by atoms with Crippen LogP contribution in [-0.2, 0) is 11.2 Å². The zero-order valence-electron chi connectivity index (χ0n) is 10.0. The van der Waals surface area contributed by atoms with E-state index in [1.807, 2.05) is 26.0 Å². The minimum atomic E-state index is -0.0881. The summed E-state index contributed by atoms with van der Waals surface area (Å²) in [6.45, 7) is 4.01. The molecule has 1 amide bonds. The van der Waals surface area contributed by atoms with Gasteiger partial charge in [0.15, 0.2) is 0 Å². The fourth-order valence-electron chi connectivity index (χ4n) is 1.54. The molecule has 0 saturated carbocycles. The van der Waals surface area contributed by atoms with Crippen molar-refractivity contribution in [1.82, 2.24) is 5.32 Å². The molecule has 2 nitrogen and oxygen atoms in total. The second kappa shape index (κ2) is 7.17. The molecule has 2 unspecified atom stereocenters. The molecule has 1 aromatic carbocycles. The molecule has 0 bridgehead atoms. The average Bonchev–Trinajstić information content (AvgIpc) is 2.30. The van der Waals surface area contributed by atoms with E-state index in [0.29, 0.717) is 0 Å². The molecule has 0 saturated heterocycles. The molecule has 1 aromatic rings. The number of nitrogens with one attached hydrogen (secondary N) is 1. The second-order valence-electron chi connectivity index (χ2n) is 4.12. The average molecular weight is 363 g/mol. The van der Waals surface area contributed by atoms with Crippen LogP contribution < -0.4 is 5.32 Å². The molecule has 0 heterocycles. The molecule has 1 N–H and O–H groups in total. The van der Waals surface area contributed by atoms with Crippen LogP contribution in [0.4, 0.5) is 0 Å². The summed E-state index contributed by atoms with van der Waals surface area (Å²) < 4.78 is 1.07. The highest BCUT2D eigenvalue weighted by atomic mass is 79.9. The topological polar surface area (TPSA) is 29.1 Å². The minimum Gasteiger partial charge on any atom is -0.352 e. The van der Waals surface area contributed by atoms with E-state index in [0.717, 1.165) is 17.3 Å². The monoisotopic (exact) mass is 361 g/mol. The van der Waals surface area contributed by atoms with Gasteiger partial charge in [-0.3, -0.25) is 4.79 Å². The maximum Gasteiger partial charge on any atom is 0.233 e. The summed E-state index contributed by atoms with van der Waals surface area (Å²) in [5, 5.41) is 3.00. The Morgan fingerprint density at radius 3 is 2.47 bits per heavy atom. The molecular formula is C13H17Br2NO. The Bertz CT molecular complexity index is 364. The van der Waals surface area contributed by atoms with Gasteiger partial charge in [0.05, 0.1) is 4.83 Å². The van der Waals surface area contributed by atoms with Gasteiger partial charge in [-0.25, -0.2) is 0 Å². The van der Waals surface area contributed by atoms with Crippen molar-refractivity contribution in [3.05, 3.63) is 34.3 Å². The van der Waals surface area contributed by atoms with Crippen molar-refractivity contribution >= 4 is 37.8 Å². The number of hydrogen-bond acceptors (Lipinski definition) is 1. The van der Waals surface area contributed by atoms with Crippen LogP contribution >= 0.6 is 31.9 Å². The summed E-state index contributed by atoms with van der Waals surface area (Å²) in [5.74, 6) is 0.0668. The van der Waals surface area contributed by atoms with E-state index in [9.17, 15) is 4.79 Å². The van der Waals surface area contributed by atoms with E-state index in [1.54, 1.807) is 0 Å². The number of benzene rings is 1. The molecule has 0 aliphatic heterocycles. The number of hydrogen-bond donors (Lipinski definition) is 1. The Hall–Kier alpha value is -0.350. The maximum absolute atomic E-state index is 11.7. The molecule has 0 fully saturated rings. The van der Waals surface area contributed by atoms with Crippen molar-refractivity contribution in [3.8, 4) is 0 Å². The number of carbonyl (C=O) groups excluding carboxylic acids is 1. The summed E-state index contributed by atoms with van der Waals surface area (Å²) in [6.07, 6.45) is 1.65. The van der Waals surface area contributed by atoms with E-state index in [2.05, 4.69) is 49.3 Å². The first-order chi connectivity index (χ1) is 8.02. The van der Waals surface area contributed by atoms with Crippen molar-refractivity contribution in [2.24, 2.45) is 0 Å². The third-order valence-corrected chi connectivity index (χ3v) is 4.08. The SMILES string of the molecule is CCC(Br)C(=O)NC(C)Cc1ccc(Br)cc1. The zero-order chi connectivity index (χ0) is 12.8. The van der Waals surface area contributed by atoms with Gasteiger partial charge in [0, 0.05) is 10.5 Å². The van der Waals surface area contributed by atoms with Crippen molar-refractivity contribution in [2.75, 3.05) is 0 Å². The van der Waals surface area contributed by atoms with Gasteiger partial charge in [-0.2, -0.15) is 0 Å². The Balaban J connectivity index is 2.47. The Morgan fingerprint density at radius 1 is 1.35 bits per heavy atom. The number of rotatable bonds is 5. The van der Waals surface area contributed by atoms with E-state index in [1.165, 1.54) is 5.56 Å². The molecule has 1 rings (SSSR count). The highest BCUT2D eigenvalue weighted by Crippen LogP contribution is 2.12. The van der Waals surface area contributed by atoms with Crippen LogP contribution in [0.3, 0.4) is 0 Å². The molecule has 17 heavy (non-hydrogen) atoms. The molecule has 0 aromatic heterocycles. The number of alkyl halides is 1. The van der Waals surface area contributed by atoms with Gasteiger partial charge >= 0.3 is 0 Å². The third-order valence-electron chi connectivity index (χ3n) is 2.49. The summed E-state index contributed by atoms with van der Waals surface area (Å²) in [5.41, 5.74) is 1.23. The second-order valence-corrected chi connectivity index (χ2v) is 6.14. The highest BCUT2D eigenvalue weighted by molar-refractivity contribution is 9.10. The lowest BCUT2D eigenvalue weighted by Gasteiger charge is -2.16. The smallest absolute Gasteiger partial charge is 0.233 e. The number of amides is 1. The molecule has 0 radical (unpaired) electrons. The lowest BCUT2D eigenvalue weighted by Crippen LogP contribution is -2.38. The molecule has 4 heteroatoms. The minimum absolute atomic E-state index is 0.0668. The number of carbonyl (C=O) groups is 1. The third kappa shape index (κ3) is 5.21. The van der Waals surface area contributed by atoms with Crippen LogP contribution in [0.2, 0.25) is 0 Å². The fourth-order valence-corrected chi connectivity index (χ4v) is 1.94. The van der Waals surface area contributed by atoms with Gasteiger partial charge in [-0.05, 0) is 37.5 Å². The van der Waals surface area contributed by atoms with Crippen LogP contribution in [0, 0.1) is 0 Å². The number of halogens is 2. The van der Waals surface area contributed by atoms with Gasteiger partial charge in [0.2, 0.25) is 5.91 Å². The first-order valence-electron chi connectivity index (χ1n) is 5.71. The largest absolute Gasteiger partial charge is 0.352 e. The van der Waals surface area contributed by atoms with Crippen molar-refractivity contribution in [3.63, 3.8) is 0 Å². The maximum atomic E-state index is 11.7. The molecular weight excluding hydrogens is 346 g/mol. The van der Waals surface area contributed by atoms with Crippen molar-refractivity contribution in [1.29, 1.82) is 0 Å². The van der Waals surface area contributed by atoms with Crippen LogP contribution in [0.5, 0.6) is 0 Å². The van der Waals surface area contributed by atoms with Crippen molar-refractivity contribution < 1.29 is 4.79 Å². The summed E-state index contributed by atoms with van der Waals surface area (Å²) in [4.78, 5) is 11.6. The van der Waals surface area contributed by atoms with Gasteiger partial charge < -0.3 is 5.32 Å². The van der Waals surface area contributed by atoms with Crippen LogP contribution in [-0.4, -0.2) is 16.8 Å². The van der Waals surface area contributed by atoms with Crippen LogP contribution in [0.1, 0.15) is 25.8 Å². The quantitative estimate of drug-likeness (QED) is 0.795. The lowest BCUT2D eigenvalue weighted by molar-refractivity contribution is -0.121. The zero-order valence-corrected chi connectivity index (χ0v) is 13.2. The standard InChI is InChI=1S/C13H17Br2NO/c1-3-12(15)13(17)16-9(2)8-10-4-6-11(14)7-5-10/h4-7,9,12H,3,8H2,1-2H3,(H,16,17). The van der Waals surface area contributed by atoms with E-state index < -0.39 is 0 Å². The predicted octanol–water partition coefficient (Wildman–Crippen LogP) is 3.67. The van der Waals surface area contributed by atoms with E-state index >= 15 is 0 Å². The summed E-state index contributed by atoms with van der Waals surface area (Å²) >= 11 is 6.75. The lowest BCUT2D eigenvalue weighted by atomic mass is 10.1. The van der Waals surface area contributed by atoms with Crippen LogP contribution in [0.15, 0.2) is 28.7 Å². The first-order valence-corrected chi connectivity index (χ1v) is 7.42. The van der Waals surface area contributed by atoms with Gasteiger partial charge in [0.25, 0.3) is 0 Å². The molecule has 0 aliphatic rings. The molecule has 2 atom stereocenters. The molecule has 94 valence electrons. The highest BCUT2D eigenvalue weighted by Gasteiger charge is 2.14. The fraction of sp³-hybridized carbons (Fsp3) is 0.462. The molecule has 0 spiro atoms. The Kier molecular flexibility index (Phi) is 6.20. The van der Waals surface area contributed by atoms with E-state index in [-0.39, 0.29) is 16.8 Å². The van der Waals surface area contributed by atoms with E-state index in [4.69, 9.17) is 0 Å². The Labute approximate surface area is 119 Å². The van der Waals surface area contributed by atoms with Gasteiger partial charge in [0.1, 0.15) is 0 Å². The van der Waals surface area contributed by atoms with Gasteiger partial charge in [-0.15, -0.1) is 0 Å². The Morgan fingerprint density at radius 2 is 1.94 bits per heavy atom. The predicted molar refractivity (Wildman–Crippen MR) is 78.5 cm³/mol. The summed E-state index contributed by atoms with van der Waals surface area (Å²) in [7, 11) is 0. The van der Waals surface area contributed by atoms with Gasteiger partial charge in [-0.1, -0.05) is 50.9 Å². The summed E-state index contributed by atoms with van der Waals surface area (Å²) in [6, 6.07) is 8.32. The van der Waals surface area contributed by atoms with Crippen LogP contribution in [0.25, 0.3) is 0 Å². The molecule has 0 aliphatic carbocycles. The first kappa shape index (κ1) is 14.7. The normalized spacial score (nSPS) is 14.1. The van der Waals surface area contributed by atoms with Crippen molar-refractivity contribution in [2.45, 2.75) is 37.6 Å².